The molecule has 2 heterocycles. The van der Waals surface area contributed by atoms with Gasteiger partial charge in [0.15, 0.2) is 0 Å². The summed E-state index contributed by atoms with van der Waals surface area (Å²) in [5.41, 5.74) is 0.952. The Hall–Kier alpha value is -1.62. The summed E-state index contributed by atoms with van der Waals surface area (Å²) in [6, 6.07) is 1.31. The number of nitrogens with zero attached hydrogens (tertiary/aromatic N) is 4. The Morgan fingerprint density at radius 3 is 2.94 bits per heavy atom. The molecule has 0 aromatic carbocycles. The van der Waals surface area contributed by atoms with Crippen LogP contribution in [0.2, 0.25) is 5.15 Å². The fourth-order valence-corrected chi connectivity index (χ4v) is 1.56. The van der Waals surface area contributed by atoms with Gasteiger partial charge in [-0.05, 0) is 12.0 Å². The summed E-state index contributed by atoms with van der Waals surface area (Å²) >= 11 is 5.60. The standard InChI is InChI=1S/C10H11ClN4O/c1-14-6-8(5-13-14)2-3-15-7-12-9(11)4-10(15)16/h4-7H,2-3H2,1H3. The number of aromatic nitrogens is 4. The fourth-order valence-electron chi connectivity index (χ4n) is 1.42. The van der Waals surface area contributed by atoms with Gasteiger partial charge in [-0.3, -0.25) is 14.0 Å². The van der Waals surface area contributed by atoms with Crippen molar-refractivity contribution in [2.45, 2.75) is 13.0 Å². The summed E-state index contributed by atoms with van der Waals surface area (Å²) in [5, 5.41) is 4.28. The molecule has 2 aromatic rings. The molecule has 0 saturated carbocycles. The largest absolute Gasteiger partial charge is 0.299 e. The van der Waals surface area contributed by atoms with E-state index in [0.717, 1.165) is 12.0 Å². The van der Waals surface area contributed by atoms with E-state index in [9.17, 15) is 4.79 Å². The molecule has 0 saturated heterocycles. The molecule has 0 aliphatic heterocycles. The molecule has 2 rings (SSSR count). The zero-order valence-electron chi connectivity index (χ0n) is 8.80. The second kappa shape index (κ2) is 4.49. The van der Waals surface area contributed by atoms with Crippen LogP contribution >= 0.6 is 11.6 Å². The Bertz CT molecular complexity index is 546. The topological polar surface area (TPSA) is 52.7 Å². The lowest BCUT2D eigenvalue weighted by molar-refractivity contribution is 0.654. The van der Waals surface area contributed by atoms with Gasteiger partial charge in [-0.2, -0.15) is 5.10 Å². The van der Waals surface area contributed by atoms with Crippen LogP contribution in [0, 0.1) is 0 Å². The summed E-state index contributed by atoms with van der Waals surface area (Å²) in [4.78, 5) is 15.3. The van der Waals surface area contributed by atoms with Crippen molar-refractivity contribution >= 4 is 11.6 Å². The molecule has 0 radical (unpaired) electrons. The van der Waals surface area contributed by atoms with Crippen molar-refractivity contribution in [3.8, 4) is 0 Å². The van der Waals surface area contributed by atoms with Crippen molar-refractivity contribution in [3.63, 3.8) is 0 Å². The Morgan fingerprint density at radius 1 is 1.50 bits per heavy atom. The predicted octanol–water partition coefficient (Wildman–Crippen LogP) is 0.873. The van der Waals surface area contributed by atoms with Crippen LogP contribution in [-0.2, 0) is 20.0 Å². The van der Waals surface area contributed by atoms with Gasteiger partial charge < -0.3 is 0 Å². The lowest BCUT2D eigenvalue weighted by Crippen LogP contribution is -2.20. The van der Waals surface area contributed by atoms with Gasteiger partial charge >= 0.3 is 0 Å². The lowest BCUT2D eigenvalue weighted by Gasteiger charge is -2.02. The Labute approximate surface area is 97.3 Å². The minimum atomic E-state index is -0.135. The average molecular weight is 239 g/mol. The van der Waals surface area contributed by atoms with Crippen LogP contribution in [0.1, 0.15) is 5.56 Å². The maximum Gasteiger partial charge on any atom is 0.254 e. The quantitative estimate of drug-likeness (QED) is 0.746. The van der Waals surface area contributed by atoms with Crippen LogP contribution < -0.4 is 5.56 Å². The molecule has 0 aliphatic carbocycles. The molecule has 6 heteroatoms. The van der Waals surface area contributed by atoms with Gasteiger partial charge in [0, 0.05) is 25.9 Å². The van der Waals surface area contributed by atoms with Gasteiger partial charge in [0.1, 0.15) is 5.15 Å². The van der Waals surface area contributed by atoms with Crippen LogP contribution in [-0.4, -0.2) is 19.3 Å². The summed E-state index contributed by atoms with van der Waals surface area (Å²) < 4.78 is 3.26. The second-order valence-corrected chi connectivity index (χ2v) is 3.90. The summed E-state index contributed by atoms with van der Waals surface area (Å²) in [5.74, 6) is 0. The third-order valence-corrected chi connectivity index (χ3v) is 2.45. The minimum absolute atomic E-state index is 0.135. The number of aryl methyl sites for hydroxylation is 3. The van der Waals surface area contributed by atoms with E-state index in [4.69, 9.17) is 11.6 Å². The van der Waals surface area contributed by atoms with Gasteiger partial charge in [0.05, 0.1) is 12.5 Å². The average Bonchev–Trinajstić information content (AvgIpc) is 2.63. The number of hydrogen-bond acceptors (Lipinski definition) is 3. The molecule has 0 aliphatic rings. The van der Waals surface area contributed by atoms with Gasteiger partial charge in [-0.1, -0.05) is 11.6 Å². The molecule has 0 N–H and O–H groups in total. The first-order valence-electron chi connectivity index (χ1n) is 4.84. The highest BCUT2D eigenvalue weighted by atomic mass is 35.5. The highest BCUT2D eigenvalue weighted by Gasteiger charge is 2.00. The van der Waals surface area contributed by atoms with E-state index in [1.807, 2.05) is 13.2 Å². The maximum atomic E-state index is 11.5. The number of hydrogen-bond donors (Lipinski definition) is 0. The zero-order chi connectivity index (χ0) is 11.5. The van der Waals surface area contributed by atoms with Crippen LogP contribution in [0.15, 0.2) is 29.6 Å². The molecule has 0 unspecified atom stereocenters. The third kappa shape index (κ3) is 2.49. The first kappa shape index (κ1) is 10.9. The first-order valence-corrected chi connectivity index (χ1v) is 5.22. The van der Waals surface area contributed by atoms with E-state index in [2.05, 4.69) is 10.1 Å². The molecular formula is C10H11ClN4O. The Balaban J connectivity index is 2.07. The number of halogens is 1. The summed E-state index contributed by atoms with van der Waals surface area (Å²) in [6.07, 6.45) is 5.92. The molecule has 16 heavy (non-hydrogen) atoms. The van der Waals surface area contributed by atoms with Crippen LogP contribution in [0.25, 0.3) is 0 Å². The van der Waals surface area contributed by atoms with E-state index < -0.39 is 0 Å². The minimum Gasteiger partial charge on any atom is -0.299 e. The van der Waals surface area contributed by atoms with Crippen molar-refractivity contribution in [1.82, 2.24) is 19.3 Å². The summed E-state index contributed by atoms with van der Waals surface area (Å²) in [7, 11) is 1.86. The molecule has 84 valence electrons. The second-order valence-electron chi connectivity index (χ2n) is 3.52. The van der Waals surface area contributed by atoms with E-state index >= 15 is 0 Å². The van der Waals surface area contributed by atoms with Crippen LogP contribution in [0.4, 0.5) is 0 Å². The number of rotatable bonds is 3. The molecule has 0 atom stereocenters. The van der Waals surface area contributed by atoms with Gasteiger partial charge in [0.25, 0.3) is 5.56 Å². The highest BCUT2D eigenvalue weighted by molar-refractivity contribution is 6.29. The lowest BCUT2D eigenvalue weighted by atomic mass is 10.2. The normalized spacial score (nSPS) is 10.6. The Kier molecular flexibility index (Phi) is 3.05. The van der Waals surface area contributed by atoms with E-state index in [1.165, 1.54) is 17.0 Å². The molecule has 5 nitrogen and oxygen atoms in total. The molecule has 0 fully saturated rings. The van der Waals surface area contributed by atoms with Crippen LogP contribution in [0.5, 0.6) is 0 Å². The van der Waals surface area contributed by atoms with E-state index in [0.29, 0.717) is 6.54 Å². The van der Waals surface area contributed by atoms with E-state index in [-0.39, 0.29) is 10.7 Å². The highest BCUT2D eigenvalue weighted by Crippen LogP contribution is 2.00. The van der Waals surface area contributed by atoms with Gasteiger partial charge in [-0.25, -0.2) is 4.98 Å². The SMILES string of the molecule is Cn1cc(CCn2cnc(Cl)cc2=O)cn1. The van der Waals surface area contributed by atoms with Crippen molar-refractivity contribution in [1.29, 1.82) is 0 Å². The van der Waals surface area contributed by atoms with Gasteiger partial charge in [-0.15, -0.1) is 0 Å². The molecule has 0 spiro atoms. The molecule has 2 aromatic heterocycles. The Morgan fingerprint density at radius 2 is 2.31 bits per heavy atom. The fraction of sp³-hybridized carbons (Fsp3) is 0.300. The van der Waals surface area contributed by atoms with Crippen LogP contribution in [0.3, 0.4) is 0 Å². The summed E-state index contributed by atoms with van der Waals surface area (Å²) in [6.45, 7) is 0.578. The van der Waals surface area contributed by atoms with Crippen molar-refractivity contribution in [2.75, 3.05) is 0 Å². The third-order valence-electron chi connectivity index (χ3n) is 2.25. The zero-order valence-corrected chi connectivity index (χ0v) is 9.55. The maximum absolute atomic E-state index is 11.5. The molecular weight excluding hydrogens is 228 g/mol. The smallest absolute Gasteiger partial charge is 0.254 e. The predicted molar refractivity (Wildman–Crippen MR) is 60.4 cm³/mol. The monoisotopic (exact) mass is 238 g/mol. The van der Waals surface area contributed by atoms with Crippen molar-refractivity contribution in [3.05, 3.63) is 45.9 Å². The van der Waals surface area contributed by atoms with Gasteiger partial charge in [0.2, 0.25) is 0 Å². The van der Waals surface area contributed by atoms with E-state index in [1.54, 1.807) is 10.9 Å². The van der Waals surface area contributed by atoms with Crippen molar-refractivity contribution in [2.24, 2.45) is 7.05 Å². The molecule has 0 bridgehead atoms. The van der Waals surface area contributed by atoms with Crippen molar-refractivity contribution < 1.29 is 0 Å². The molecule has 0 amide bonds. The first-order chi connectivity index (χ1) is 7.65.